The summed E-state index contributed by atoms with van der Waals surface area (Å²) in [7, 11) is 0. The van der Waals surface area contributed by atoms with Crippen molar-refractivity contribution in [3.05, 3.63) is 35.4 Å². The smallest absolute Gasteiger partial charge is 0.381 e. The number of pyridine rings is 1. The molecule has 0 radical (unpaired) electrons. The third-order valence-electron chi connectivity index (χ3n) is 6.45. The number of hydrogen-bond donors (Lipinski definition) is 1. The molecule has 0 aliphatic carbocycles. The normalized spacial score (nSPS) is 20.1. The molecule has 4 heterocycles. The van der Waals surface area contributed by atoms with E-state index in [1.165, 1.54) is 11.1 Å². The molecule has 0 unspecified atom stereocenters. The van der Waals surface area contributed by atoms with Crippen molar-refractivity contribution in [1.82, 2.24) is 19.9 Å². The van der Waals surface area contributed by atoms with E-state index < -0.39 is 18.6 Å². The van der Waals surface area contributed by atoms with Gasteiger partial charge in [-0.25, -0.2) is 4.98 Å². The van der Waals surface area contributed by atoms with Gasteiger partial charge in [-0.05, 0) is 44.2 Å². The number of carbonyl (C=O) groups excluding carboxylic acids is 1. The third kappa shape index (κ3) is 7.59. The van der Waals surface area contributed by atoms with E-state index in [4.69, 9.17) is 16.3 Å². The van der Waals surface area contributed by atoms with E-state index in [1.54, 1.807) is 18.5 Å². The van der Waals surface area contributed by atoms with Gasteiger partial charge in [-0.15, -0.1) is 0 Å². The van der Waals surface area contributed by atoms with Crippen LogP contribution < -0.4 is 5.32 Å². The first-order chi connectivity index (χ1) is 16.8. The highest BCUT2D eigenvalue weighted by Crippen LogP contribution is 2.28. The van der Waals surface area contributed by atoms with Crippen LogP contribution in [0.5, 0.6) is 0 Å². The van der Waals surface area contributed by atoms with E-state index in [1.807, 2.05) is 0 Å². The Labute approximate surface area is 207 Å². The molecule has 0 spiro atoms. The lowest BCUT2D eigenvalue weighted by Crippen LogP contribution is -2.43. The minimum atomic E-state index is -4.27. The summed E-state index contributed by atoms with van der Waals surface area (Å²) >= 11 is 6.39. The molecule has 0 saturated carbocycles. The van der Waals surface area contributed by atoms with Crippen molar-refractivity contribution in [3.63, 3.8) is 0 Å². The second kappa shape index (κ2) is 11.6. The lowest BCUT2D eigenvalue weighted by Gasteiger charge is -2.32. The van der Waals surface area contributed by atoms with E-state index in [0.29, 0.717) is 53.1 Å². The van der Waals surface area contributed by atoms with Crippen molar-refractivity contribution in [1.29, 1.82) is 0 Å². The predicted molar refractivity (Wildman–Crippen MR) is 126 cm³/mol. The van der Waals surface area contributed by atoms with Crippen molar-refractivity contribution in [2.24, 2.45) is 11.8 Å². The van der Waals surface area contributed by atoms with E-state index in [0.717, 1.165) is 32.6 Å². The van der Waals surface area contributed by atoms with Crippen LogP contribution in [-0.2, 0) is 16.0 Å². The summed E-state index contributed by atoms with van der Waals surface area (Å²) in [5.41, 5.74) is 1.66. The largest absolute Gasteiger partial charge is 0.401 e. The van der Waals surface area contributed by atoms with E-state index in [9.17, 15) is 18.0 Å². The first-order valence-corrected chi connectivity index (χ1v) is 12.2. The van der Waals surface area contributed by atoms with Gasteiger partial charge in [-0.1, -0.05) is 11.6 Å². The molecule has 2 aliphatic heterocycles. The van der Waals surface area contributed by atoms with Crippen molar-refractivity contribution in [2.45, 2.75) is 38.3 Å². The quantitative estimate of drug-likeness (QED) is 0.562. The Morgan fingerprint density at radius 2 is 2.00 bits per heavy atom. The summed E-state index contributed by atoms with van der Waals surface area (Å²) < 4.78 is 43.7. The Balaban J connectivity index is 1.41. The minimum Gasteiger partial charge on any atom is -0.381 e. The molecule has 35 heavy (non-hydrogen) atoms. The van der Waals surface area contributed by atoms with Gasteiger partial charge in [0.05, 0.1) is 29.7 Å². The molecule has 2 aliphatic rings. The Kier molecular flexibility index (Phi) is 8.56. The van der Waals surface area contributed by atoms with Crippen molar-refractivity contribution < 1.29 is 22.7 Å². The van der Waals surface area contributed by atoms with E-state index in [2.05, 4.69) is 20.3 Å². The van der Waals surface area contributed by atoms with Crippen LogP contribution in [0, 0.1) is 11.8 Å². The fourth-order valence-corrected chi connectivity index (χ4v) is 4.79. The molecule has 2 aromatic heterocycles. The lowest BCUT2D eigenvalue weighted by atomic mass is 9.91. The highest BCUT2D eigenvalue weighted by atomic mass is 35.5. The van der Waals surface area contributed by atoms with Gasteiger partial charge >= 0.3 is 6.18 Å². The number of alkyl halides is 3. The summed E-state index contributed by atoms with van der Waals surface area (Å²) in [6.07, 6.45) is 3.64. The number of likely N-dealkylation sites (tertiary alicyclic amines) is 1. The second-order valence-electron chi connectivity index (χ2n) is 9.21. The molecule has 1 atom stereocenters. The lowest BCUT2D eigenvalue weighted by molar-refractivity contribution is -0.151. The Bertz CT molecular complexity index is 1020. The zero-order valence-corrected chi connectivity index (χ0v) is 20.1. The van der Waals surface area contributed by atoms with E-state index in [-0.39, 0.29) is 18.7 Å². The Morgan fingerprint density at radius 3 is 2.77 bits per heavy atom. The van der Waals surface area contributed by atoms with Crippen LogP contribution in [0.2, 0.25) is 5.02 Å². The fourth-order valence-electron chi connectivity index (χ4n) is 4.59. The molecule has 4 rings (SSSR count). The SMILES string of the molecule is O=C(Cc1cc(-c2cncc(NCC3CCOCC3)n2)c(Cl)cn1)[C@@H]1CCCN(CC(F)(F)F)C1. The zero-order chi connectivity index (χ0) is 24.8. The summed E-state index contributed by atoms with van der Waals surface area (Å²) in [5.74, 6) is 0.592. The van der Waals surface area contributed by atoms with Crippen molar-refractivity contribution >= 4 is 23.2 Å². The maximum absolute atomic E-state index is 12.9. The molecule has 0 amide bonds. The number of ether oxygens (including phenoxy) is 1. The number of piperidine rings is 1. The number of nitrogens with zero attached hydrogens (tertiary/aromatic N) is 4. The van der Waals surface area contributed by atoms with Gasteiger partial charge in [0.25, 0.3) is 0 Å². The maximum atomic E-state index is 12.9. The van der Waals surface area contributed by atoms with Gasteiger partial charge in [0.1, 0.15) is 11.6 Å². The van der Waals surface area contributed by atoms with Gasteiger partial charge in [0.2, 0.25) is 0 Å². The number of carbonyl (C=O) groups is 1. The maximum Gasteiger partial charge on any atom is 0.401 e. The van der Waals surface area contributed by atoms with Crippen LogP contribution in [0.4, 0.5) is 19.0 Å². The zero-order valence-electron chi connectivity index (χ0n) is 19.4. The number of nitrogens with one attached hydrogen (secondary N) is 1. The first kappa shape index (κ1) is 25.8. The second-order valence-corrected chi connectivity index (χ2v) is 9.62. The van der Waals surface area contributed by atoms with Crippen molar-refractivity contribution in [2.75, 3.05) is 44.7 Å². The number of anilines is 1. The number of ketones is 1. The minimum absolute atomic E-state index is 0.0316. The summed E-state index contributed by atoms with van der Waals surface area (Å²) in [6.45, 7) is 1.80. The highest BCUT2D eigenvalue weighted by molar-refractivity contribution is 6.33. The van der Waals surface area contributed by atoms with Gasteiger partial charge in [0, 0.05) is 56.1 Å². The van der Waals surface area contributed by atoms with Crippen LogP contribution in [-0.4, -0.2) is 71.2 Å². The molecule has 2 aromatic rings. The van der Waals surface area contributed by atoms with Crippen LogP contribution in [0.1, 0.15) is 31.4 Å². The van der Waals surface area contributed by atoms with Gasteiger partial charge < -0.3 is 10.1 Å². The molecule has 11 heteroatoms. The fraction of sp³-hybridized carbons (Fsp3) is 0.583. The Morgan fingerprint density at radius 1 is 1.20 bits per heavy atom. The third-order valence-corrected chi connectivity index (χ3v) is 6.76. The van der Waals surface area contributed by atoms with Crippen LogP contribution in [0.3, 0.4) is 0 Å². The summed E-state index contributed by atoms with van der Waals surface area (Å²) in [5, 5.41) is 3.71. The highest BCUT2D eigenvalue weighted by Gasteiger charge is 2.34. The number of halogens is 4. The molecular weight excluding hydrogens is 483 g/mol. The molecule has 2 saturated heterocycles. The van der Waals surface area contributed by atoms with Gasteiger partial charge in [-0.3, -0.25) is 19.7 Å². The van der Waals surface area contributed by atoms with Gasteiger partial charge in [-0.2, -0.15) is 13.2 Å². The van der Waals surface area contributed by atoms with E-state index >= 15 is 0 Å². The first-order valence-electron chi connectivity index (χ1n) is 11.9. The molecule has 2 fully saturated rings. The summed E-state index contributed by atoms with van der Waals surface area (Å²) in [6, 6.07) is 1.71. The molecule has 7 nitrogen and oxygen atoms in total. The molecular formula is C24H29ClF3N5O2. The predicted octanol–water partition coefficient (Wildman–Crippen LogP) is 4.42. The number of aromatic nitrogens is 3. The number of rotatable bonds is 8. The standard InChI is InChI=1S/C24H29ClF3N5O2/c25-20-11-30-18(9-22(34)17-2-1-5-33(14-17)15-24(26,27)28)8-19(20)21-12-29-13-23(32-21)31-10-16-3-6-35-7-4-16/h8,11-13,16-17H,1-7,9-10,14-15H2,(H,31,32)/t17-/m1/s1. The topological polar surface area (TPSA) is 80.2 Å². The Hall–Kier alpha value is -2.30. The molecule has 190 valence electrons. The molecule has 1 N–H and O–H groups in total. The van der Waals surface area contributed by atoms with Gasteiger partial charge in [0.15, 0.2) is 0 Å². The average molecular weight is 512 g/mol. The van der Waals surface area contributed by atoms with Crippen LogP contribution in [0.25, 0.3) is 11.3 Å². The van der Waals surface area contributed by atoms with Crippen LogP contribution in [0.15, 0.2) is 24.7 Å². The summed E-state index contributed by atoms with van der Waals surface area (Å²) in [4.78, 5) is 27.4. The number of hydrogen-bond acceptors (Lipinski definition) is 7. The average Bonchev–Trinajstić information content (AvgIpc) is 2.84. The number of Topliss-reactive ketones (excluding diaryl/α,β-unsaturated/α-hetero) is 1. The van der Waals surface area contributed by atoms with Crippen LogP contribution >= 0.6 is 11.6 Å². The molecule has 0 bridgehead atoms. The molecule has 0 aromatic carbocycles. The monoisotopic (exact) mass is 511 g/mol. The van der Waals surface area contributed by atoms with Crippen molar-refractivity contribution in [3.8, 4) is 11.3 Å².